The summed E-state index contributed by atoms with van der Waals surface area (Å²) in [6, 6.07) is 11.5. The molecule has 3 nitrogen and oxygen atoms in total. The summed E-state index contributed by atoms with van der Waals surface area (Å²) in [5.74, 6) is -0.200. The molecule has 0 radical (unpaired) electrons. The van der Waals surface area contributed by atoms with Gasteiger partial charge in [-0.25, -0.2) is 4.39 Å². The van der Waals surface area contributed by atoms with Crippen LogP contribution in [0.5, 0.6) is 0 Å². The summed E-state index contributed by atoms with van der Waals surface area (Å²) in [4.78, 5) is 5.70. The molecule has 1 aromatic heterocycles. The van der Waals surface area contributed by atoms with Gasteiger partial charge >= 0.3 is 0 Å². The number of ether oxygens (including phenoxy) is 1. The number of hydrogen-bond donors (Lipinski definition) is 1. The molecule has 0 aliphatic carbocycles. The van der Waals surface area contributed by atoms with Gasteiger partial charge in [0.1, 0.15) is 5.82 Å². The average molecular weight is 455 g/mol. The molecule has 1 unspecified atom stereocenters. The van der Waals surface area contributed by atoms with E-state index in [-0.39, 0.29) is 11.9 Å². The smallest absolute Gasteiger partial charge is 0.125 e. The molecule has 150 valence electrons. The highest BCUT2D eigenvalue weighted by Gasteiger charge is 2.23. The normalized spacial score (nSPS) is 19.9. The van der Waals surface area contributed by atoms with Gasteiger partial charge in [-0.05, 0) is 66.3 Å². The zero-order valence-corrected chi connectivity index (χ0v) is 17.8. The van der Waals surface area contributed by atoms with Gasteiger partial charge < -0.3 is 9.72 Å². The summed E-state index contributed by atoms with van der Waals surface area (Å²) < 4.78 is 20.7. The first kappa shape index (κ1) is 19.0. The number of fused-ring (bicyclic) bond motifs is 2. The van der Waals surface area contributed by atoms with Crippen molar-refractivity contribution in [2.45, 2.75) is 25.4 Å². The Balaban J connectivity index is 1.24. The minimum atomic E-state index is -0.200. The quantitative estimate of drug-likeness (QED) is 0.534. The van der Waals surface area contributed by atoms with Crippen molar-refractivity contribution in [2.24, 2.45) is 0 Å². The molecule has 3 aromatic rings. The van der Waals surface area contributed by atoms with Crippen LogP contribution in [0.15, 0.2) is 53.1 Å². The number of H-pyrrole nitrogens is 1. The van der Waals surface area contributed by atoms with Crippen LogP contribution in [0.3, 0.4) is 0 Å². The lowest BCUT2D eigenvalue weighted by Crippen LogP contribution is -2.31. The monoisotopic (exact) mass is 454 g/mol. The molecule has 1 atom stereocenters. The summed E-state index contributed by atoms with van der Waals surface area (Å²) in [6.45, 7) is 3.82. The van der Waals surface area contributed by atoms with Crippen LogP contribution in [0, 0.1) is 5.82 Å². The van der Waals surface area contributed by atoms with Crippen LogP contribution < -0.4 is 0 Å². The second-order valence-corrected chi connectivity index (χ2v) is 8.83. The lowest BCUT2D eigenvalue weighted by Gasteiger charge is -2.30. The molecular weight excluding hydrogens is 431 g/mol. The standard InChI is InChI=1S/C24H24BrFN2O/c25-18-1-3-20-17(13-18)8-12-29-24(20)7-11-28-9-5-16(6-10-28)22-15-27-23-14-19(26)2-4-21(22)23/h1-5,13-15,24,27H,6-12H2. The van der Waals surface area contributed by atoms with Gasteiger partial charge in [-0.3, -0.25) is 4.90 Å². The maximum atomic E-state index is 13.4. The maximum absolute atomic E-state index is 13.4. The Kier molecular flexibility index (Phi) is 5.29. The minimum Gasteiger partial charge on any atom is -0.373 e. The van der Waals surface area contributed by atoms with Crippen molar-refractivity contribution >= 4 is 32.4 Å². The van der Waals surface area contributed by atoms with Crippen molar-refractivity contribution < 1.29 is 9.13 Å². The molecule has 5 rings (SSSR count). The number of halogens is 2. The number of hydrogen-bond acceptors (Lipinski definition) is 2. The Bertz CT molecular complexity index is 1070. The highest BCUT2D eigenvalue weighted by Crippen LogP contribution is 2.33. The topological polar surface area (TPSA) is 28.3 Å². The van der Waals surface area contributed by atoms with Crippen LogP contribution in [0.2, 0.25) is 0 Å². The summed E-state index contributed by atoms with van der Waals surface area (Å²) >= 11 is 3.58. The Morgan fingerprint density at radius 2 is 2.10 bits per heavy atom. The molecule has 2 aliphatic heterocycles. The van der Waals surface area contributed by atoms with Crippen LogP contribution in [-0.4, -0.2) is 36.1 Å². The zero-order chi connectivity index (χ0) is 19.8. The van der Waals surface area contributed by atoms with Gasteiger partial charge in [0, 0.05) is 46.8 Å². The van der Waals surface area contributed by atoms with Crippen LogP contribution in [0.1, 0.15) is 35.6 Å². The lowest BCUT2D eigenvalue weighted by molar-refractivity contribution is 0.0299. The highest BCUT2D eigenvalue weighted by molar-refractivity contribution is 9.10. The van der Waals surface area contributed by atoms with E-state index < -0.39 is 0 Å². The Morgan fingerprint density at radius 3 is 2.97 bits per heavy atom. The Hall–Kier alpha value is -1.95. The van der Waals surface area contributed by atoms with Gasteiger partial charge in [0.2, 0.25) is 0 Å². The third-order valence-corrected chi connectivity index (χ3v) is 6.63. The highest BCUT2D eigenvalue weighted by atomic mass is 79.9. The van der Waals surface area contributed by atoms with Crippen LogP contribution in [-0.2, 0) is 11.2 Å². The molecule has 0 amide bonds. The van der Waals surface area contributed by atoms with Crippen molar-refractivity contribution in [3.63, 3.8) is 0 Å². The van der Waals surface area contributed by atoms with Crippen molar-refractivity contribution in [1.29, 1.82) is 0 Å². The number of benzene rings is 2. The van der Waals surface area contributed by atoms with Gasteiger partial charge in [0.15, 0.2) is 0 Å². The second-order valence-electron chi connectivity index (χ2n) is 7.91. The van der Waals surface area contributed by atoms with Gasteiger partial charge in [0.05, 0.1) is 12.7 Å². The van der Waals surface area contributed by atoms with Crippen LogP contribution in [0.25, 0.3) is 16.5 Å². The van der Waals surface area contributed by atoms with E-state index in [2.05, 4.69) is 50.1 Å². The maximum Gasteiger partial charge on any atom is 0.125 e. The summed E-state index contributed by atoms with van der Waals surface area (Å²) in [5, 5.41) is 1.10. The van der Waals surface area contributed by atoms with E-state index >= 15 is 0 Å². The minimum absolute atomic E-state index is 0.195. The first-order valence-electron chi connectivity index (χ1n) is 10.3. The molecule has 2 aliphatic rings. The second kappa shape index (κ2) is 8.05. The van der Waals surface area contributed by atoms with Gasteiger partial charge in [-0.2, -0.15) is 0 Å². The van der Waals surface area contributed by atoms with Crippen molar-refractivity contribution in [3.05, 3.63) is 75.7 Å². The van der Waals surface area contributed by atoms with E-state index in [0.29, 0.717) is 0 Å². The Morgan fingerprint density at radius 1 is 1.17 bits per heavy atom. The Labute approximate surface area is 178 Å². The molecule has 2 aromatic carbocycles. The molecule has 0 bridgehead atoms. The number of nitrogens with zero attached hydrogens (tertiary/aromatic N) is 1. The summed E-state index contributed by atoms with van der Waals surface area (Å²) in [5.41, 5.74) is 6.17. The van der Waals surface area contributed by atoms with Crippen molar-refractivity contribution in [2.75, 3.05) is 26.2 Å². The third kappa shape index (κ3) is 3.91. The fraction of sp³-hybridized carbons (Fsp3) is 0.333. The van der Waals surface area contributed by atoms with Gasteiger partial charge in [0.25, 0.3) is 0 Å². The number of nitrogens with one attached hydrogen (secondary N) is 1. The van der Waals surface area contributed by atoms with Crippen molar-refractivity contribution in [1.82, 2.24) is 9.88 Å². The summed E-state index contributed by atoms with van der Waals surface area (Å²) in [6.07, 6.45) is 7.55. The average Bonchev–Trinajstić information content (AvgIpc) is 3.15. The number of rotatable bonds is 4. The van der Waals surface area contributed by atoms with Gasteiger partial charge in [-0.15, -0.1) is 0 Å². The molecule has 3 heterocycles. The first-order valence-corrected chi connectivity index (χ1v) is 11.0. The summed E-state index contributed by atoms with van der Waals surface area (Å²) in [7, 11) is 0. The molecule has 0 saturated carbocycles. The molecule has 29 heavy (non-hydrogen) atoms. The molecule has 5 heteroatoms. The zero-order valence-electron chi connectivity index (χ0n) is 16.3. The van der Waals surface area contributed by atoms with E-state index in [0.717, 1.165) is 60.9 Å². The van der Waals surface area contributed by atoms with E-state index in [4.69, 9.17) is 4.74 Å². The fourth-order valence-electron chi connectivity index (χ4n) is 4.57. The number of aromatic amines is 1. The lowest BCUT2D eigenvalue weighted by atomic mass is 9.95. The van der Waals surface area contributed by atoms with E-state index in [1.54, 1.807) is 6.07 Å². The third-order valence-electron chi connectivity index (χ3n) is 6.13. The van der Waals surface area contributed by atoms with E-state index in [1.807, 2.05) is 12.3 Å². The van der Waals surface area contributed by atoms with Crippen LogP contribution in [0.4, 0.5) is 4.39 Å². The van der Waals surface area contributed by atoms with E-state index in [1.165, 1.54) is 28.3 Å². The van der Waals surface area contributed by atoms with Crippen LogP contribution >= 0.6 is 15.9 Å². The predicted octanol–water partition coefficient (Wildman–Crippen LogP) is 5.86. The predicted molar refractivity (Wildman–Crippen MR) is 118 cm³/mol. The molecule has 0 saturated heterocycles. The molecule has 0 spiro atoms. The molecule has 0 fully saturated rings. The van der Waals surface area contributed by atoms with E-state index in [9.17, 15) is 4.39 Å². The fourth-order valence-corrected chi connectivity index (χ4v) is 4.98. The SMILES string of the molecule is Fc1ccc2c(C3=CCN(CCC4OCCc5cc(Br)ccc54)CC3)c[nH]c2c1. The van der Waals surface area contributed by atoms with Crippen molar-refractivity contribution in [3.8, 4) is 0 Å². The molecular formula is C24H24BrFN2O. The van der Waals surface area contributed by atoms with Gasteiger partial charge in [-0.1, -0.05) is 28.1 Å². The number of aromatic nitrogens is 1. The molecule has 1 N–H and O–H groups in total. The first-order chi connectivity index (χ1) is 14.2. The largest absolute Gasteiger partial charge is 0.373 e.